The minimum absolute atomic E-state index is 0.0341. The van der Waals surface area contributed by atoms with Crippen molar-refractivity contribution < 1.29 is 9.53 Å². The summed E-state index contributed by atoms with van der Waals surface area (Å²) in [6.07, 6.45) is 1.95. The number of hydrogen-bond acceptors (Lipinski definition) is 5. The summed E-state index contributed by atoms with van der Waals surface area (Å²) in [6.45, 7) is 0.877. The van der Waals surface area contributed by atoms with Gasteiger partial charge in [-0.05, 0) is 25.0 Å². The van der Waals surface area contributed by atoms with Crippen molar-refractivity contribution in [3.63, 3.8) is 0 Å². The molecule has 0 aliphatic carbocycles. The smallest absolute Gasteiger partial charge is 0.311 e. The van der Waals surface area contributed by atoms with E-state index in [0.29, 0.717) is 16.6 Å². The van der Waals surface area contributed by atoms with Gasteiger partial charge < -0.3 is 10.1 Å². The van der Waals surface area contributed by atoms with Gasteiger partial charge in [0.05, 0.1) is 11.5 Å². The Morgan fingerprint density at radius 2 is 2.18 bits per heavy atom. The van der Waals surface area contributed by atoms with Crippen molar-refractivity contribution in [3.8, 4) is 0 Å². The number of benzene rings is 1. The van der Waals surface area contributed by atoms with Crippen molar-refractivity contribution in [3.05, 3.63) is 44.3 Å². The van der Waals surface area contributed by atoms with Crippen LogP contribution < -0.4 is 15.7 Å². The topological polar surface area (TPSA) is 77.4 Å². The van der Waals surface area contributed by atoms with Gasteiger partial charge in [0.2, 0.25) is 5.91 Å². The Hall–Kier alpha value is -1.99. The summed E-state index contributed by atoms with van der Waals surface area (Å²) in [6, 6.07) is 6.90. The van der Waals surface area contributed by atoms with E-state index in [1.807, 2.05) is 0 Å². The van der Waals surface area contributed by atoms with Gasteiger partial charge >= 0.3 is 4.87 Å². The Morgan fingerprint density at radius 3 is 2.95 bits per heavy atom. The largest absolute Gasteiger partial charge is 0.376 e. The molecule has 3 rings (SSSR count). The normalized spacial score (nSPS) is 17.7. The summed E-state index contributed by atoms with van der Waals surface area (Å²) in [4.78, 5) is 35.9. The van der Waals surface area contributed by atoms with E-state index in [-0.39, 0.29) is 18.6 Å². The van der Waals surface area contributed by atoms with Crippen LogP contribution in [0.4, 0.5) is 0 Å². The zero-order valence-corrected chi connectivity index (χ0v) is 12.7. The van der Waals surface area contributed by atoms with Crippen molar-refractivity contribution in [2.24, 2.45) is 0 Å². The van der Waals surface area contributed by atoms with Crippen LogP contribution in [-0.4, -0.2) is 29.7 Å². The van der Waals surface area contributed by atoms with E-state index < -0.39 is 10.4 Å². The molecule has 1 saturated heterocycles. The molecule has 0 saturated carbocycles. The molecule has 1 aromatic carbocycles. The van der Waals surface area contributed by atoms with Crippen LogP contribution in [0.3, 0.4) is 0 Å². The highest BCUT2D eigenvalue weighted by Gasteiger charge is 2.17. The Bertz CT molecular complexity index is 805. The number of rotatable bonds is 4. The molecule has 0 spiro atoms. The lowest BCUT2D eigenvalue weighted by atomic mass is 10.2. The van der Waals surface area contributed by atoms with Crippen molar-refractivity contribution in [2.45, 2.75) is 25.5 Å². The number of nitrogens with one attached hydrogen (secondary N) is 1. The first-order valence-electron chi connectivity index (χ1n) is 7.16. The van der Waals surface area contributed by atoms with E-state index in [9.17, 15) is 14.4 Å². The fourth-order valence-corrected chi connectivity index (χ4v) is 3.34. The number of carbonyl (C=O) groups excluding carboxylic acids is 1. The van der Waals surface area contributed by atoms with E-state index in [0.717, 1.165) is 35.4 Å². The van der Waals surface area contributed by atoms with E-state index in [2.05, 4.69) is 5.32 Å². The van der Waals surface area contributed by atoms with Gasteiger partial charge in [-0.1, -0.05) is 23.5 Å². The molecule has 1 amide bonds. The third-order valence-electron chi connectivity index (χ3n) is 3.63. The zero-order valence-electron chi connectivity index (χ0n) is 11.9. The van der Waals surface area contributed by atoms with Crippen LogP contribution in [0.1, 0.15) is 12.8 Å². The van der Waals surface area contributed by atoms with Gasteiger partial charge in [0.15, 0.2) is 0 Å². The third-order valence-corrected chi connectivity index (χ3v) is 4.60. The number of aromatic nitrogens is 1. The summed E-state index contributed by atoms with van der Waals surface area (Å²) < 4.78 is 7.03. The quantitative estimate of drug-likeness (QED) is 0.900. The van der Waals surface area contributed by atoms with E-state index in [4.69, 9.17) is 4.74 Å². The molecule has 1 aliphatic heterocycles. The highest BCUT2D eigenvalue weighted by atomic mass is 32.1. The number of ether oxygens (including phenoxy) is 1. The van der Waals surface area contributed by atoms with Gasteiger partial charge in [-0.3, -0.25) is 19.0 Å². The fourth-order valence-electron chi connectivity index (χ4n) is 2.48. The van der Waals surface area contributed by atoms with Crippen LogP contribution in [0.15, 0.2) is 33.9 Å². The van der Waals surface area contributed by atoms with Crippen molar-refractivity contribution in [1.82, 2.24) is 9.88 Å². The summed E-state index contributed by atoms with van der Waals surface area (Å²) in [7, 11) is 0. The average Bonchev–Trinajstić information content (AvgIpc) is 3.03. The van der Waals surface area contributed by atoms with Crippen LogP contribution in [0.5, 0.6) is 0 Å². The fraction of sp³-hybridized carbons (Fsp3) is 0.400. The summed E-state index contributed by atoms with van der Waals surface area (Å²) >= 11 is 0.971. The average molecular weight is 320 g/mol. The summed E-state index contributed by atoms with van der Waals surface area (Å²) in [5.41, 5.74) is -0.424. The molecule has 2 aromatic rings. The van der Waals surface area contributed by atoms with Crippen LogP contribution in [0.2, 0.25) is 0 Å². The standard InChI is InChI=1S/C15H16N2O4S/c18-13(16-8-10-4-3-7-21-10)9-17-14(19)11-5-1-2-6-12(11)22-15(17)20/h1-2,5-6,10H,3-4,7-9H2,(H,16,18). The summed E-state index contributed by atoms with van der Waals surface area (Å²) in [5.74, 6) is -0.350. The van der Waals surface area contributed by atoms with Crippen LogP contribution in [-0.2, 0) is 16.1 Å². The summed E-state index contributed by atoms with van der Waals surface area (Å²) in [5, 5.41) is 3.18. The molecular weight excluding hydrogens is 304 g/mol. The predicted octanol–water partition coefficient (Wildman–Crippen LogP) is 0.718. The lowest BCUT2D eigenvalue weighted by Crippen LogP contribution is -2.40. The van der Waals surface area contributed by atoms with Gasteiger partial charge in [0.25, 0.3) is 5.56 Å². The molecule has 116 valence electrons. The first-order valence-corrected chi connectivity index (χ1v) is 7.98. The number of amides is 1. The van der Waals surface area contributed by atoms with E-state index in [1.54, 1.807) is 24.3 Å². The molecule has 1 unspecified atom stereocenters. The lowest BCUT2D eigenvalue weighted by Gasteiger charge is -2.11. The highest BCUT2D eigenvalue weighted by molar-refractivity contribution is 7.16. The Morgan fingerprint density at radius 1 is 1.36 bits per heavy atom. The van der Waals surface area contributed by atoms with Gasteiger partial charge in [-0.25, -0.2) is 0 Å². The maximum Gasteiger partial charge on any atom is 0.311 e. The Balaban J connectivity index is 1.77. The molecule has 1 aliphatic rings. The third kappa shape index (κ3) is 3.10. The van der Waals surface area contributed by atoms with Crippen LogP contribution in [0.25, 0.3) is 10.1 Å². The minimum atomic E-state index is -0.424. The highest BCUT2D eigenvalue weighted by Crippen LogP contribution is 2.11. The number of nitrogens with zero attached hydrogens (tertiary/aromatic N) is 1. The van der Waals surface area contributed by atoms with Crippen molar-refractivity contribution >= 4 is 27.3 Å². The zero-order chi connectivity index (χ0) is 15.5. The second-order valence-electron chi connectivity index (χ2n) is 5.19. The van der Waals surface area contributed by atoms with Gasteiger partial charge in [0, 0.05) is 17.9 Å². The number of hydrogen-bond donors (Lipinski definition) is 1. The van der Waals surface area contributed by atoms with Crippen molar-refractivity contribution in [1.29, 1.82) is 0 Å². The molecule has 0 bridgehead atoms. The molecule has 0 radical (unpaired) electrons. The SMILES string of the molecule is O=C(Cn1c(=O)sc2ccccc2c1=O)NCC1CCCO1. The lowest BCUT2D eigenvalue weighted by molar-refractivity contribution is -0.122. The Labute approximate surface area is 130 Å². The molecule has 1 atom stereocenters. The molecule has 1 fully saturated rings. The molecule has 1 N–H and O–H groups in total. The van der Waals surface area contributed by atoms with Gasteiger partial charge in [0.1, 0.15) is 6.54 Å². The van der Waals surface area contributed by atoms with E-state index in [1.165, 1.54) is 0 Å². The van der Waals surface area contributed by atoms with Gasteiger partial charge in [-0.15, -0.1) is 0 Å². The Kier molecular flexibility index (Phi) is 4.35. The minimum Gasteiger partial charge on any atom is -0.376 e. The molecule has 22 heavy (non-hydrogen) atoms. The monoisotopic (exact) mass is 320 g/mol. The van der Waals surface area contributed by atoms with E-state index >= 15 is 0 Å². The predicted molar refractivity (Wildman–Crippen MR) is 84.3 cm³/mol. The van der Waals surface area contributed by atoms with Crippen molar-refractivity contribution in [2.75, 3.05) is 13.2 Å². The maximum absolute atomic E-state index is 12.3. The molecule has 1 aromatic heterocycles. The van der Waals surface area contributed by atoms with Gasteiger partial charge in [-0.2, -0.15) is 0 Å². The first kappa shape index (κ1) is 14.9. The van der Waals surface area contributed by atoms with Crippen LogP contribution in [0, 0.1) is 0 Å². The first-order chi connectivity index (χ1) is 10.6. The van der Waals surface area contributed by atoms with Crippen LogP contribution >= 0.6 is 11.3 Å². The molecule has 6 nitrogen and oxygen atoms in total. The second kappa shape index (κ2) is 6.41. The molecule has 7 heteroatoms. The second-order valence-corrected chi connectivity index (χ2v) is 6.19. The number of carbonyl (C=O) groups is 1. The maximum atomic E-state index is 12.3. The molecular formula is C15H16N2O4S. The number of fused-ring (bicyclic) bond motifs is 1. The molecule has 2 heterocycles.